The average molecular weight is 536 g/mol. The van der Waals surface area contributed by atoms with Crippen molar-refractivity contribution in [2.24, 2.45) is 0 Å². The van der Waals surface area contributed by atoms with Crippen LogP contribution in [0.25, 0.3) is 0 Å². The number of nitrogens with zero attached hydrogens (tertiary/aromatic N) is 2. The van der Waals surface area contributed by atoms with Crippen molar-refractivity contribution in [3.8, 4) is 0 Å². The second-order valence-electron chi connectivity index (χ2n) is 8.78. The second-order valence-corrected chi connectivity index (χ2v) is 8.78. The maximum Gasteiger partial charge on any atom is 0.328 e. The minimum atomic E-state index is -1.26. The number of carbonyl (C=O) groups excluding carboxylic acids is 1. The molecule has 38 heavy (non-hydrogen) atoms. The topological polar surface area (TPSA) is 185 Å². The highest BCUT2D eigenvalue weighted by molar-refractivity contribution is 5.96. The molecule has 0 radical (unpaired) electrons. The van der Waals surface area contributed by atoms with E-state index in [0.29, 0.717) is 24.3 Å². The van der Waals surface area contributed by atoms with Crippen LogP contribution in [-0.4, -0.2) is 99.8 Å². The number of carboxylic acid groups (broad SMARTS) is 4. The molecule has 0 saturated carbocycles. The molecule has 0 aliphatic carbocycles. The normalized spacial score (nSPS) is 14.9. The highest BCUT2D eigenvalue weighted by Crippen LogP contribution is 2.24. The first-order chi connectivity index (χ1) is 17.6. The Hall–Kier alpha value is -4.03. The summed E-state index contributed by atoms with van der Waals surface area (Å²) in [5.41, 5.74) is 4.50. The van der Waals surface area contributed by atoms with Crippen molar-refractivity contribution < 1.29 is 44.4 Å². The van der Waals surface area contributed by atoms with Crippen LogP contribution in [0, 0.1) is 20.8 Å². The molecule has 0 aromatic heterocycles. The summed E-state index contributed by atoms with van der Waals surface area (Å²) in [4.78, 5) is 55.4. The van der Waals surface area contributed by atoms with Gasteiger partial charge in [-0.2, -0.15) is 0 Å². The van der Waals surface area contributed by atoms with Crippen molar-refractivity contribution in [2.45, 2.75) is 39.7 Å². The molecule has 1 aliphatic heterocycles. The summed E-state index contributed by atoms with van der Waals surface area (Å²) < 4.78 is 0. The average Bonchev–Trinajstić information content (AvgIpc) is 3.27. The molecule has 1 aromatic rings. The number of likely N-dealkylation sites (N-methyl/N-ethyl adjacent to an activating group) is 1. The van der Waals surface area contributed by atoms with Crippen molar-refractivity contribution >= 4 is 35.5 Å². The van der Waals surface area contributed by atoms with Gasteiger partial charge >= 0.3 is 23.9 Å². The van der Waals surface area contributed by atoms with Gasteiger partial charge < -0.3 is 30.6 Å². The van der Waals surface area contributed by atoms with E-state index in [4.69, 9.17) is 20.4 Å². The lowest BCUT2D eigenvalue weighted by atomic mass is 10.0. The molecule has 12 nitrogen and oxygen atoms in total. The predicted molar refractivity (Wildman–Crippen MR) is 141 cm³/mol. The number of hydrogen-bond donors (Lipinski definition) is 5. The third kappa shape index (κ3) is 15.2. The molecule has 1 aromatic carbocycles. The van der Waals surface area contributed by atoms with E-state index in [-0.39, 0.29) is 11.9 Å². The Morgan fingerprint density at radius 1 is 0.868 bits per heavy atom. The molecule has 1 heterocycles. The van der Waals surface area contributed by atoms with Crippen molar-refractivity contribution in [1.82, 2.24) is 9.80 Å². The minimum absolute atomic E-state index is 0.0139. The summed E-state index contributed by atoms with van der Waals surface area (Å²) in [6.07, 6.45) is 4.30. The predicted octanol–water partition coefficient (Wildman–Crippen LogP) is 2.00. The van der Waals surface area contributed by atoms with Crippen LogP contribution >= 0.6 is 0 Å². The van der Waals surface area contributed by atoms with Gasteiger partial charge in [-0.1, -0.05) is 17.7 Å². The highest BCUT2D eigenvalue weighted by atomic mass is 16.4. The number of likely N-dealkylation sites (tertiary alicyclic amines) is 1. The van der Waals surface area contributed by atoms with Gasteiger partial charge in [-0.15, -0.1) is 0 Å². The van der Waals surface area contributed by atoms with Crippen molar-refractivity contribution in [1.29, 1.82) is 0 Å². The number of carboxylic acids is 4. The van der Waals surface area contributed by atoms with Gasteiger partial charge in [0.1, 0.15) is 0 Å². The number of amides is 1. The molecule has 1 unspecified atom stereocenters. The highest BCUT2D eigenvalue weighted by Gasteiger charge is 2.30. The first-order valence-electron chi connectivity index (χ1n) is 11.7. The zero-order valence-electron chi connectivity index (χ0n) is 22.3. The fourth-order valence-electron chi connectivity index (χ4n) is 3.59. The van der Waals surface area contributed by atoms with Gasteiger partial charge in [0.15, 0.2) is 0 Å². The number of aryl methyl sites for hydroxylation is 3. The van der Waals surface area contributed by atoms with Crippen LogP contribution in [0.15, 0.2) is 36.4 Å². The maximum atomic E-state index is 12.7. The third-order valence-corrected chi connectivity index (χ3v) is 5.16. The lowest BCUT2D eigenvalue weighted by Crippen LogP contribution is -2.42. The quantitative estimate of drug-likeness (QED) is 0.291. The van der Waals surface area contributed by atoms with E-state index in [1.165, 1.54) is 5.56 Å². The molecular weight excluding hydrogens is 498 g/mol. The molecule has 0 spiro atoms. The van der Waals surface area contributed by atoms with E-state index in [1.807, 2.05) is 0 Å². The largest absolute Gasteiger partial charge is 0.478 e. The summed E-state index contributed by atoms with van der Waals surface area (Å²) in [6, 6.07) is 4.27. The SMILES string of the molecule is Cc1cc(C)c(NC(=O)C2CCCN2CCN(C)C)c(C)c1.O=C(O)/C=C\C(=O)O.O=C(O)/C=C\C(=O)O. The van der Waals surface area contributed by atoms with Crippen LogP contribution in [0.4, 0.5) is 5.69 Å². The van der Waals surface area contributed by atoms with Crippen LogP contribution in [0.5, 0.6) is 0 Å². The molecule has 0 bridgehead atoms. The zero-order valence-corrected chi connectivity index (χ0v) is 22.3. The summed E-state index contributed by atoms with van der Waals surface area (Å²) in [5.74, 6) is -4.88. The molecule has 1 amide bonds. The fourth-order valence-corrected chi connectivity index (χ4v) is 3.59. The molecule has 5 N–H and O–H groups in total. The van der Waals surface area contributed by atoms with Crippen molar-refractivity contribution in [2.75, 3.05) is 39.0 Å². The van der Waals surface area contributed by atoms with E-state index in [2.05, 4.69) is 62.1 Å². The van der Waals surface area contributed by atoms with E-state index in [0.717, 1.165) is 49.3 Å². The fraction of sp³-hybridized carbons (Fsp3) is 0.423. The van der Waals surface area contributed by atoms with Gasteiger partial charge in [0.2, 0.25) is 5.91 Å². The van der Waals surface area contributed by atoms with Gasteiger partial charge in [-0.25, -0.2) is 19.2 Å². The molecule has 12 heteroatoms. The number of aliphatic carboxylic acids is 4. The summed E-state index contributed by atoms with van der Waals surface area (Å²) >= 11 is 0. The molecule has 1 fully saturated rings. The minimum Gasteiger partial charge on any atom is -0.478 e. The van der Waals surface area contributed by atoms with Gasteiger partial charge in [-0.05, 0) is 65.4 Å². The first-order valence-corrected chi connectivity index (χ1v) is 11.7. The van der Waals surface area contributed by atoms with Crippen molar-refractivity contribution in [3.63, 3.8) is 0 Å². The summed E-state index contributed by atoms with van der Waals surface area (Å²) in [5, 5.41) is 34.4. The van der Waals surface area contributed by atoms with Crippen LogP contribution in [-0.2, 0) is 24.0 Å². The Morgan fingerprint density at radius 2 is 1.29 bits per heavy atom. The smallest absolute Gasteiger partial charge is 0.328 e. The van der Waals surface area contributed by atoms with Gasteiger partial charge in [0.05, 0.1) is 6.04 Å². The number of hydrogen-bond acceptors (Lipinski definition) is 7. The monoisotopic (exact) mass is 535 g/mol. The van der Waals surface area contributed by atoms with E-state index in [1.54, 1.807) is 0 Å². The lowest BCUT2D eigenvalue weighted by molar-refractivity contribution is -0.134. The first kappa shape index (κ1) is 34.0. The Labute approximate surface area is 221 Å². The van der Waals surface area contributed by atoms with Crippen LogP contribution in [0.2, 0.25) is 0 Å². The summed E-state index contributed by atoms with van der Waals surface area (Å²) in [7, 11) is 4.15. The Morgan fingerprint density at radius 3 is 1.66 bits per heavy atom. The summed E-state index contributed by atoms with van der Waals surface area (Å²) in [6.45, 7) is 9.19. The molecule has 1 aliphatic rings. The van der Waals surface area contributed by atoms with Gasteiger partial charge in [0, 0.05) is 43.1 Å². The van der Waals surface area contributed by atoms with Gasteiger partial charge in [-0.3, -0.25) is 9.69 Å². The standard InChI is InChI=1S/C18H29N3O.2C4H4O4/c1-13-11-14(2)17(15(3)12-13)19-18(22)16-7-6-8-21(16)10-9-20(4)5;2*5-3(6)1-2-4(7)8/h11-12,16H,6-10H2,1-5H3,(H,19,22);2*1-2H,(H,5,6)(H,7,8)/b;2*2-1-. The Bertz CT molecular complexity index is 959. The molecule has 210 valence electrons. The maximum absolute atomic E-state index is 12.7. The molecule has 1 atom stereocenters. The number of rotatable bonds is 9. The lowest BCUT2D eigenvalue weighted by Gasteiger charge is -2.25. The molecule has 1 saturated heterocycles. The second kappa shape index (κ2) is 17.4. The van der Waals surface area contributed by atoms with Crippen molar-refractivity contribution in [3.05, 3.63) is 53.1 Å². The van der Waals surface area contributed by atoms with Crippen LogP contribution in [0.3, 0.4) is 0 Å². The molecule has 2 rings (SSSR count). The van der Waals surface area contributed by atoms with E-state index >= 15 is 0 Å². The van der Waals surface area contributed by atoms with E-state index in [9.17, 15) is 24.0 Å². The van der Waals surface area contributed by atoms with Crippen LogP contribution in [0.1, 0.15) is 29.5 Å². The number of carbonyl (C=O) groups is 5. The molecular formula is C26H37N3O9. The Balaban J connectivity index is 0.000000705. The van der Waals surface area contributed by atoms with E-state index < -0.39 is 23.9 Å². The Kier molecular flexibility index (Phi) is 15.6. The van der Waals surface area contributed by atoms with Gasteiger partial charge in [0.25, 0.3) is 0 Å². The number of nitrogens with one attached hydrogen (secondary N) is 1. The third-order valence-electron chi connectivity index (χ3n) is 5.16. The zero-order chi connectivity index (χ0) is 29.4. The van der Waals surface area contributed by atoms with Crippen LogP contribution < -0.4 is 5.32 Å². The number of benzene rings is 1. The number of anilines is 1.